The van der Waals surface area contributed by atoms with E-state index in [2.05, 4.69) is 21.0 Å². The van der Waals surface area contributed by atoms with E-state index in [4.69, 9.17) is 16.2 Å². The average Bonchev–Trinajstić information content (AvgIpc) is 2.96. The van der Waals surface area contributed by atoms with E-state index in [0.717, 1.165) is 38.9 Å². The predicted molar refractivity (Wildman–Crippen MR) is 96.1 cm³/mol. The number of aromatic nitrogens is 4. The number of hydrogen-bond acceptors (Lipinski definition) is 6. The molecule has 1 atom stereocenters. The van der Waals surface area contributed by atoms with E-state index in [1.165, 1.54) is 6.33 Å². The van der Waals surface area contributed by atoms with Gasteiger partial charge in [0, 0.05) is 23.7 Å². The maximum absolute atomic E-state index is 6.18. The standard InChI is InChI=1S/C18H16N6O/c19-12-7-24-17-15(16(20)22-9-23-17)14(18(24)25-8-12)11-5-10-3-1-2-4-13(10)21-6-11/h1-6,9,12H,7-8,19H2,(H2,20,22,23). The molecule has 0 fully saturated rings. The van der Waals surface area contributed by atoms with Gasteiger partial charge in [-0.15, -0.1) is 0 Å². The first kappa shape index (κ1) is 14.2. The van der Waals surface area contributed by atoms with E-state index in [0.29, 0.717) is 19.0 Å². The van der Waals surface area contributed by atoms with Crippen LogP contribution in [0.5, 0.6) is 5.88 Å². The molecule has 0 saturated carbocycles. The average molecular weight is 332 g/mol. The Hall–Kier alpha value is -3.19. The molecule has 1 aromatic carbocycles. The topological polar surface area (TPSA) is 105 Å². The summed E-state index contributed by atoms with van der Waals surface area (Å²) in [7, 11) is 0. The lowest BCUT2D eigenvalue weighted by atomic mass is 10.0. The molecular formula is C18H16N6O. The molecule has 1 unspecified atom stereocenters. The van der Waals surface area contributed by atoms with Gasteiger partial charge in [0.25, 0.3) is 0 Å². The van der Waals surface area contributed by atoms with E-state index in [1.807, 2.05) is 35.0 Å². The number of benzene rings is 1. The van der Waals surface area contributed by atoms with Gasteiger partial charge in [0.1, 0.15) is 24.4 Å². The molecule has 0 amide bonds. The van der Waals surface area contributed by atoms with Crippen LogP contribution in [0.1, 0.15) is 0 Å². The van der Waals surface area contributed by atoms with Crippen molar-refractivity contribution in [1.29, 1.82) is 0 Å². The Bertz CT molecular complexity index is 1120. The highest BCUT2D eigenvalue weighted by Gasteiger charge is 2.28. The normalized spacial score (nSPS) is 16.8. The minimum absolute atomic E-state index is 0.0816. The first-order chi connectivity index (χ1) is 12.2. The smallest absolute Gasteiger partial charge is 0.204 e. The van der Waals surface area contributed by atoms with Crippen LogP contribution in [0, 0.1) is 0 Å². The number of nitrogens with two attached hydrogens (primary N) is 2. The first-order valence-electron chi connectivity index (χ1n) is 8.08. The number of pyridine rings is 1. The van der Waals surface area contributed by atoms with Crippen LogP contribution in [-0.2, 0) is 6.54 Å². The Kier molecular flexibility index (Phi) is 2.92. The SMILES string of the molecule is Nc1ncnc2c1c(-c1cnc3ccccc3c1)c1n2CC(N)CO1. The molecule has 0 aliphatic carbocycles. The van der Waals surface area contributed by atoms with Gasteiger partial charge in [-0.2, -0.15) is 0 Å². The van der Waals surface area contributed by atoms with Gasteiger partial charge in [-0.05, 0) is 12.1 Å². The third-order valence-corrected chi connectivity index (χ3v) is 4.55. The van der Waals surface area contributed by atoms with E-state index < -0.39 is 0 Å². The fourth-order valence-electron chi connectivity index (χ4n) is 3.44. The summed E-state index contributed by atoms with van der Waals surface area (Å²) in [6, 6.07) is 9.99. The van der Waals surface area contributed by atoms with E-state index >= 15 is 0 Å². The maximum atomic E-state index is 6.18. The van der Waals surface area contributed by atoms with Crippen molar-refractivity contribution in [1.82, 2.24) is 19.5 Å². The number of hydrogen-bond donors (Lipinski definition) is 2. The van der Waals surface area contributed by atoms with E-state index in [-0.39, 0.29) is 6.04 Å². The second kappa shape index (κ2) is 5.15. The molecule has 1 aliphatic heterocycles. The minimum atomic E-state index is -0.0816. The summed E-state index contributed by atoms with van der Waals surface area (Å²) in [6.07, 6.45) is 3.30. The first-order valence-corrected chi connectivity index (χ1v) is 8.08. The molecule has 3 aromatic heterocycles. The van der Waals surface area contributed by atoms with Crippen LogP contribution in [0.3, 0.4) is 0 Å². The van der Waals surface area contributed by atoms with Crippen LogP contribution < -0.4 is 16.2 Å². The van der Waals surface area contributed by atoms with Gasteiger partial charge >= 0.3 is 0 Å². The van der Waals surface area contributed by atoms with Crippen molar-refractivity contribution < 1.29 is 4.74 Å². The third kappa shape index (κ3) is 2.06. The third-order valence-electron chi connectivity index (χ3n) is 4.55. The molecule has 5 rings (SSSR count). The summed E-state index contributed by atoms with van der Waals surface area (Å²) in [5, 5.41) is 1.83. The van der Waals surface area contributed by atoms with E-state index in [1.54, 1.807) is 0 Å². The monoisotopic (exact) mass is 332 g/mol. The molecule has 1 aliphatic rings. The number of nitrogen functional groups attached to an aromatic ring is 1. The molecule has 0 radical (unpaired) electrons. The summed E-state index contributed by atoms with van der Waals surface area (Å²) >= 11 is 0. The zero-order valence-corrected chi connectivity index (χ0v) is 13.4. The molecule has 4 N–H and O–H groups in total. The summed E-state index contributed by atoms with van der Waals surface area (Å²) in [5.74, 6) is 1.15. The lowest BCUT2D eigenvalue weighted by Gasteiger charge is -2.23. The number of fused-ring (bicyclic) bond motifs is 4. The summed E-state index contributed by atoms with van der Waals surface area (Å²) in [6.45, 7) is 1.08. The Morgan fingerprint density at radius 3 is 2.96 bits per heavy atom. The fraction of sp³-hybridized carbons (Fsp3) is 0.167. The van der Waals surface area contributed by atoms with Crippen molar-refractivity contribution in [2.24, 2.45) is 5.73 Å². The van der Waals surface area contributed by atoms with Crippen molar-refractivity contribution in [3.8, 4) is 17.0 Å². The van der Waals surface area contributed by atoms with Gasteiger partial charge < -0.3 is 16.2 Å². The zero-order chi connectivity index (χ0) is 17.0. The number of ether oxygens (including phenoxy) is 1. The highest BCUT2D eigenvalue weighted by molar-refractivity contribution is 6.04. The predicted octanol–water partition coefficient (Wildman–Crippen LogP) is 1.95. The van der Waals surface area contributed by atoms with Crippen LogP contribution in [0.2, 0.25) is 0 Å². The summed E-state index contributed by atoms with van der Waals surface area (Å²) in [5.41, 5.74) is 15.7. The lowest BCUT2D eigenvalue weighted by molar-refractivity contribution is 0.220. The second-order valence-electron chi connectivity index (χ2n) is 6.24. The highest BCUT2D eigenvalue weighted by atomic mass is 16.5. The molecule has 7 nitrogen and oxygen atoms in total. The number of para-hydroxylation sites is 1. The Labute approximate surface area is 143 Å². The van der Waals surface area contributed by atoms with Crippen LogP contribution >= 0.6 is 0 Å². The second-order valence-corrected chi connectivity index (χ2v) is 6.24. The number of rotatable bonds is 1. The van der Waals surface area contributed by atoms with Gasteiger partial charge in [0.05, 0.1) is 22.5 Å². The Balaban J connectivity index is 1.85. The van der Waals surface area contributed by atoms with Crippen LogP contribution in [0.15, 0.2) is 42.9 Å². The molecule has 0 spiro atoms. The van der Waals surface area contributed by atoms with Crippen molar-refractivity contribution >= 4 is 27.8 Å². The van der Waals surface area contributed by atoms with Crippen molar-refractivity contribution in [3.05, 3.63) is 42.9 Å². The van der Waals surface area contributed by atoms with Gasteiger partial charge in [-0.1, -0.05) is 18.2 Å². The van der Waals surface area contributed by atoms with Crippen molar-refractivity contribution in [2.45, 2.75) is 12.6 Å². The molecule has 25 heavy (non-hydrogen) atoms. The van der Waals surface area contributed by atoms with E-state index in [9.17, 15) is 0 Å². The summed E-state index contributed by atoms with van der Waals surface area (Å²) < 4.78 is 7.94. The molecular weight excluding hydrogens is 316 g/mol. The quantitative estimate of drug-likeness (QED) is 0.552. The summed E-state index contributed by atoms with van der Waals surface area (Å²) in [4.78, 5) is 13.1. The molecule has 0 saturated heterocycles. The van der Waals surface area contributed by atoms with Crippen molar-refractivity contribution in [2.75, 3.05) is 12.3 Å². The Morgan fingerprint density at radius 2 is 2.04 bits per heavy atom. The maximum Gasteiger partial charge on any atom is 0.204 e. The Morgan fingerprint density at radius 1 is 1.16 bits per heavy atom. The lowest BCUT2D eigenvalue weighted by Crippen LogP contribution is -2.36. The molecule has 0 bridgehead atoms. The van der Waals surface area contributed by atoms with Gasteiger partial charge in [0.15, 0.2) is 0 Å². The molecule has 4 aromatic rings. The van der Waals surface area contributed by atoms with Crippen LogP contribution in [0.25, 0.3) is 33.1 Å². The van der Waals surface area contributed by atoms with Gasteiger partial charge in [0.2, 0.25) is 5.88 Å². The van der Waals surface area contributed by atoms with Gasteiger partial charge in [-0.25, -0.2) is 9.97 Å². The van der Waals surface area contributed by atoms with Crippen LogP contribution in [-0.4, -0.2) is 32.2 Å². The molecule has 7 heteroatoms. The zero-order valence-electron chi connectivity index (χ0n) is 13.4. The number of nitrogens with zero attached hydrogens (tertiary/aromatic N) is 4. The van der Waals surface area contributed by atoms with Crippen molar-refractivity contribution in [3.63, 3.8) is 0 Å². The van der Waals surface area contributed by atoms with Crippen LogP contribution in [0.4, 0.5) is 5.82 Å². The highest BCUT2D eigenvalue weighted by Crippen LogP contribution is 2.43. The minimum Gasteiger partial charge on any atom is -0.477 e. The van der Waals surface area contributed by atoms with Gasteiger partial charge in [-0.3, -0.25) is 9.55 Å². The fourth-order valence-corrected chi connectivity index (χ4v) is 3.44. The largest absolute Gasteiger partial charge is 0.477 e. The molecule has 124 valence electrons. The molecule has 4 heterocycles. The number of anilines is 1.